The summed E-state index contributed by atoms with van der Waals surface area (Å²) in [6, 6.07) is 9.18. The normalized spacial score (nSPS) is 15.3. The minimum Gasteiger partial charge on any atom is -0.444 e. The van der Waals surface area contributed by atoms with Gasteiger partial charge in [-0.1, -0.05) is 30.3 Å². The quantitative estimate of drug-likeness (QED) is 0.545. The van der Waals surface area contributed by atoms with E-state index in [-0.39, 0.29) is 30.1 Å². The molecule has 1 heterocycles. The highest BCUT2D eigenvalue weighted by Crippen LogP contribution is 2.21. The summed E-state index contributed by atoms with van der Waals surface area (Å²) in [5, 5.41) is 3.11. The fraction of sp³-hybridized carbons (Fsp3) is 0.591. The Morgan fingerprint density at radius 1 is 1.11 bits per heavy atom. The van der Waals surface area contributed by atoms with Crippen molar-refractivity contribution in [1.82, 2.24) is 10.2 Å². The smallest absolute Gasteiger partial charge is 0.410 e. The van der Waals surface area contributed by atoms with Crippen LogP contribution < -0.4 is 5.32 Å². The third kappa shape index (κ3) is 7.43. The van der Waals surface area contributed by atoms with Crippen LogP contribution in [0.2, 0.25) is 0 Å². The van der Waals surface area contributed by atoms with Gasteiger partial charge in [0, 0.05) is 31.0 Å². The Balaban J connectivity index is 1.60. The van der Waals surface area contributed by atoms with E-state index in [0.717, 1.165) is 0 Å². The monoisotopic (exact) mass is 388 g/mol. The first-order valence-electron chi connectivity index (χ1n) is 10.1. The summed E-state index contributed by atoms with van der Waals surface area (Å²) in [7, 11) is 0. The summed E-state index contributed by atoms with van der Waals surface area (Å²) in [5.74, 6) is 0.325. The number of Topliss-reactive ketones (excluding diaryl/α,β-unsaturated/α-hetero) is 2. The van der Waals surface area contributed by atoms with Gasteiger partial charge in [-0.25, -0.2) is 4.79 Å². The summed E-state index contributed by atoms with van der Waals surface area (Å²) in [6.45, 7) is 7.60. The fourth-order valence-corrected chi connectivity index (χ4v) is 3.23. The van der Waals surface area contributed by atoms with Crippen molar-refractivity contribution in [3.8, 4) is 0 Å². The van der Waals surface area contributed by atoms with Crippen LogP contribution in [0.15, 0.2) is 30.3 Å². The molecule has 0 radical (unpaired) electrons. The maximum absolute atomic E-state index is 12.4. The Kier molecular flexibility index (Phi) is 8.18. The van der Waals surface area contributed by atoms with Gasteiger partial charge in [0.25, 0.3) is 0 Å². The number of nitrogens with one attached hydrogen (secondary N) is 1. The average molecular weight is 389 g/mol. The molecule has 28 heavy (non-hydrogen) atoms. The molecule has 1 fully saturated rings. The number of rotatable bonds is 8. The van der Waals surface area contributed by atoms with Crippen LogP contribution >= 0.6 is 0 Å². The van der Waals surface area contributed by atoms with Crippen LogP contribution in [0.4, 0.5) is 4.79 Å². The molecule has 2 rings (SSSR count). The van der Waals surface area contributed by atoms with Gasteiger partial charge in [0.1, 0.15) is 11.4 Å². The van der Waals surface area contributed by atoms with Gasteiger partial charge in [0.2, 0.25) is 0 Å². The lowest BCUT2D eigenvalue weighted by atomic mass is 9.90. The van der Waals surface area contributed by atoms with Gasteiger partial charge in [0.15, 0.2) is 5.78 Å². The Morgan fingerprint density at radius 3 is 2.36 bits per heavy atom. The summed E-state index contributed by atoms with van der Waals surface area (Å²) >= 11 is 0. The van der Waals surface area contributed by atoms with E-state index in [0.29, 0.717) is 50.9 Å². The predicted molar refractivity (Wildman–Crippen MR) is 108 cm³/mol. The molecule has 6 nitrogen and oxygen atoms in total. The van der Waals surface area contributed by atoms with E-state index in [9.17, 15) is 14.4 Å². The zero-order valence-electron chi connectivity index (χ0n) is 17.2. The third-order valence-corrected chi connectivity index (χ3v) is 4.76. The molecule has 1 aliphatic heterocycles. The van der Waals surface area contributed by atoms with E-state index in [2.05, 4.69) is 5.32 Å². The lowest BCUT2D eigenvalue weighted by molar-refractivity contribution is -0.124. The van der Waals surface area contributed by atoms with E-state index < -0.39 is 5.60 Å². The molecule has 0 atom stereocenters. The van der Waals surface area contributed by atoms with Crippen molar-refractivity contribution in [1.29, 1.82) is 0 Å². The molecule has 1 aliphatic rings. The van der Waals surface area contributed by atoms with Crippen molar-refractivity contribution in [2.24, 2.45) is 5.92 Å². The van der Waals surface area contributed by atoms with Crippen LogP contribution in [0.5, 0.6) is 0 Å². The van der Waals surface area contributed by atoms with Crippen LogP contribution in [0.1, 0.15) is 56.8 Å². The number of hydrogen-bond donors (Lipinski definition) is 1. The average Bonchev–Trinajstić information content (AvgIpc) is 2.67. The Hall–Kier alpha value is -2.21. The number of ether oxygens (including phenoxy) is 1. The number of amides is 1. The van der Waals surface area contributed by atoms with E-state index in [4.69, 9.17) is 4.74 Å². The van der Waals surface area contributed by atoms with Gasteiger partial charge in [-0.3, -0.25) is 9.59 Å². The van der Waals surface area contributed by atoms with Crippen molar-refractivity contribution >= 4 is 17.7 Å². The van der Waals surface area contributed by atoms with Gasteiger partial charge in [-0.2, -0.15) is 0 Å². The molecular weight excluding hydrogens is 356 g/mol. The first-order chi connectivity index (χ1) is 13.3. The zero-order chi connectivity index (χ0) is 20.6. The summed E-state index contributed by atoms with van der Waals surface area (Å²) < 4.78 is 5.38. The molecule has 0 aliphatic carbocycles. The summed E-state index contributed by atoms with van der Waals surface area (Å²) in [6.07, 6.45) is 2.30. The molecule has 1 saturated heterocycles. The molecule has 6 heteroatoms. The number of ketones is 2. The highest BCUT2D eigenvalue weighted by molar-refractivity contribution is 5.97. The van der Waals surface area contributed by atoms with Crippen LogP contribution in [0.3, 0.4) is 0 Å². The number of carbonyl (C=O) groups is 3. The molecule has 154 valence electrons. The predicted octanol–water partition coefficient (Wildman–Crippen LogP) is 3.46. The highest BCUT2D eigenvalue weighted by atomic mass is 16.6. The van der Waals surface area contributed by atoms with Gasteiger partial charge in [-0.05, 0) is 46.6 Å². The number of nitrogens with zero attached hydrogens (tertiary/aromatic N) is 1. The van der Waals surface area contributed by atoms with Crippen LogP contribution in [-0.2, 0) is 9.53 Å². The Labute approximate surface area is 167 Å². The zero-order valence-corrected chi connectivity index (χ0v) is 17.2. The second-order valence-corrected chi connectivity index (χ2v) is 8.28. The minimum atomic E-state index is -0.501. The second kappa shape index (κ2) is 10.4. The molecule has 1 amide bonds. The Bertz CT molecular complexity index is 659. The maximum Gasteiger partial charge on any atom is 0.410 e. The molecule has 0 aromatic heterocycles. The molecule has 1 aromatic carbocycles. The molecule has 0 bridgehead atoms. The summed E-state index contributed by atoms with van der Waals surface area (Å²) in [5.41, 5.74) is 0.196. The first-order valence-corrected chi connectivity index (χ1v) is 10.1. The Morgan fingerprint density at radius 2 is 1.75 bits per heavy atom. The standard InChI is InChI=1S/C22H32N2O4/c1-22(2,3)28-21(27)24-14-11-18(12-15-24)19(25)10-7-13-23-16-20(26)17-8-5-4-6-9-17/h4-6,8-9,18,23H,7,10-16H2,1-3H3. The van der Waals surface area contributed by atoms with Crippen LogP contribution in [0.25, 0.3) is 0 Å². The number of hydrogen-bond acceptors (Lipinski definition) is 5. The van der Waals surface area contributed by atoms with Crippen molar-refractivity contribution in [3.05, 3.63) is 35.9 Å². The molecule has 0 unspecified atom stereocenters. The van der Waals surface area contributed by atoms with Crippen molar-refractivity contribution in [2.45, 2.75) is 52.1 Å². The van der Waals surface area contributed by atoms with Gasteiger partial charge in [-0.15, -0.1) is 0 Å². The molecule has 1 N–H and O–H groups in total. The minimum absolute atomic E-state index is 0.0182. The largest absolute Gasteiger partial charge is 0.444 e. The molecule has 1 aromatic rings. The van der Waals surface area contributed by atoms with Gasteiger partial charge < -0.3 is 15.0 Å². The molecule has 0 spiro atoms. The van der Waals surface area contributed by atoms with E-state index >= 15 is 0 Å². The lowest BCUT2D eigenvalue weighted by Crippen LogP contribution is -2.43. The maximum atomic E-state index is 12.4. The number of piperidine rings is 1. The van der Waals surface area contributed by atoms with E-state index in [1.165, 1.54) is 0 Å². The summed E-state index contributed by atoms with van der Waals surface area (Å²) in [4.78, 5) is 38.1. The van der Waals surface area contributed by atoms with Crippen LogP contribution in [-0.4, -0.2) is 54.3 Å². The molecule has 0 saturated carbocycles. The molecular formula is C22H32N2O4. The van der Waals surface area contributed by atoms with Crippen LogP contribution in [0, 0.1) is 5.92 Å². The number of benzene rings is 1. The lowest BCUT2D eigenvalue weighted by Gasteiger charge is -2.33. The van der Waals surface area contributed by atoms with Gasteiger partial charge >= 0.3 is 6.09 Å². The fourth-order valence-electron chi connectivity index (χ4n) is 3.23. The third-order valence-electron chi connectivity index (χ3n) is 4.76. The van der Waals surface area contributed by atoms with Gasteiger partial charge in [0.05, 0.1) is 6.54 Å². The van der Waals surface area contributed by atoms with Crippen molar-refractivity contribution in [2.75, 3.05) is 26.2 Å². The number of likely N-dealkylation sites (tertiary alicyclic amines) is 1. The van der Waals surface area contributed by atoms with E-state index in [1.807, 2.05) is 39.0 Å². The SMILES string of the molecule is CC(C)(C)OC(=O)N1CCC(C(=O)CCCNCC(=O)c2ccccc2)CC1. The van der Waals surface area contributed by atoms with E-state index in [1.54, 1.807) is 17.0 Å². The van der Waals surface area contributed by atoms with Crippen molar-refractivity contribution < 1.29 is 19.1 Å². The van der Waals surface area contributed by atoms with Crippen molar-refractivity contribution in [3.63, 3.8) is 0 Å². The number of carbonyl (C=O) groups excluding carboxylic acids is 3. The first kappa shape index (κ1) is 22.1. The second-order valence-electron chi connectivity index (χ2n) is 8.28. The highest BCUT2D eigenvalue weighted by Gasteiger charge is 2.29. The topological polar surface area (TPSA) is 75.7 Å².